The molecule has 1 rings (SSSR count). The quantitative estimate of drug-likeness (QED) is 0.690. The molecule has 0 radical (unpaired) electrons. The zero-order valence-electron chi connectivity index (χ0n) is 10.5. The van der Waals surface area contributed by atoms with E-state index in [1.807, 2.05) is 0 Å². The van der Waals surface area contributed by atoms with Gasteiger partial charge in [0.2, 0.25) is 11.8 Å². The van der Waals surface area contributed by atoms with Crippen molar-refractivity contribution in [1.82, 2.24) is 9.80 Å². The Morgan fingerprint density at radius 2 is 2.24 bits per heavy atom. The number of rotatable bonds is 4. The third kappa shape index (κ3) is 3.98. The van der Waals surface area contributed by atoms with Gasteiger partial charge in [-0.1, -0.05) is 0 Å². The lowest BCUT2D eigenvalue weighted by atomic mass is 10.2. The fourth-order valence-electron chi connectivity index (χ4n) is 1.79. The number of nitrogens with two attached hydrogens (primary N) is 1. The van der Waals surface area contributed by atoms with E-state index in [4.69, 9.17) is 10.5 Å². The van der Waals surface area contributed by atoms with E-state index in [1.165, 1.54) is 7.11 Å². The molecule has 1 aliphatic heterocycles. The average molecular weight is 243 g/mol. The van der Waals surface area contributed by atoms with E-state index in [1.54, 1.807) is 16.8 Å². The number of carbonyl (C=O) groups is 2. The van der Waals surface area contributed by atoms with Gasteiger partial charge in [-0.2, -0.15) is 0 Å². The number of hydrogen-bond donors (Lipinski definition) is 1. The summed E-state index contributed by atoms with van der Waals surface area (Å²) in [5, 5.41) is 0. The monoisotopic (exact) mass is 243 g/mol. The molecule has 0 saturated carbocycles. The topological polar surface area (TPSA) is 75.9 Å². The maximum atomic E-state index is 12.0. The molecule has 0 aromatic carbocycles. The number of carbonyl (C=O) groups excluding carboxylic acids is 2. The summed E-state index contributed by atoms with van der Waals surface area (Å²) in [6.45, 7) is 1.80. The molecule has 6 heteroatoms. The van der Waals surface area contributed by atoms with Gasteiger partial charge >= 0.3 is 0 Å². The zero-order chi connectivity index (χ0) is 12.8. The molecule has 0 bridgehead atoms. The van der Waals surface area contributed by atoms with Crippen molar-refractivity contribution < 1.29 is 14.3 Å². The lowest BCUT2D eigenvalue weighted by Gasteiger charge is -2.22. The van der Waals surface area contributed by atoms with Gasteiger partial charge < -0.3 is 20.3 Å². The summed E-state index contributed by atoms with van der Waals surface area (Å²) in [5.74, 6) is -0.0801. The highest BCUT2D eigenvalue weighted by Crippen LogP contribution is 2.06. The highest BCUT2D eigenvalue weighted by molar-refractivity contribution is 5.85. The maximum Gasteiger partial charge on any atom is 0.241 e. The second-order valence-corrected chi connectivity index (χ2v) is 4.28. The van der Waals surface area contributed by atoms with Crippen LogP contribution in [0, 0.1) is 0 Å². The molecule has 0 spiro atoms. The first-order valence-corrected chi connectivity index (χ1v) is 5.83. The van der Waals surface area contributed by atoms with Gasteiger partial charge in [0.25, 0.3) is 0 Å². The van der Waals surface area contributed by atoms with Gasteiger partial charge in [0.05, 0.1) is 19.1 Å². The molecule has 98 valence electrons. The van der Waals surface area contributed by atoms with Crippen molar-refractivity contribution in [2.45, 2.75) is 18.9 Å². The van der Waals surface area contributed by atoms with E-state index in [0.717, 1.165) is 6.42 Å². The second kappa shape index (κ2) is 6.56. The summed E-state index contributed by atoms with van der Waals surface area (Å²) < 4.78 is 5.07. The largest absolute Gasteiger partial charge is 0.380 e. The van der Waals surface area contributed by atoms with E-state index in [0.29, 0.717) is 19.6 Å². The maximum absolute atomic E-state index is 12.0. The smallest absolute Gasteiger partial charge is 0.241 e. The number of nitrogens with zero attached hydrogens (tertiary/aromatic N) is 2. The Morgan fingerprint density at radius 3 is 2.82 bits per heavy atom. The minimum absolute atomic E-state index is 0.0161. The fourth-order valence-corrected chi connectivity index (χ4v) is 1.79. The Kier molecular flexibility index (Phi) is 5.37. The molecule has 0 aromatic heterocycles. The van der Waals surface area contributed by atoms with Crippen LogP contribution in [0.1, 0.15) is 12.8 Å². The van der Waals surface area contributed by atoms with Gasteiger partial charge in [0, 0.05) is 33.8 Å². The van der Waals surface area contributed by atoms with Gasteiger partial charge in [0.1, 0.15) is 0 Å². The van der Waals surface area contributed by atoms with Crippen molar-refractivity contribution in [2.24, 2.45) is 5.73 Å². The number of ether oxygens (including phenoxy) is 1. The average Bonchev–Trinajstić information content (AvgIpc) is 2.49. The third-order valence-electron chi connectivity index (χ3n) is 3.02. The second-order valence-electron chi connectivity index (χ2n) is 4.28. The summed E-state index contributed by atoms with van der Waals surface area (Å²) in [5.41, 5.74) is 5.47. The van der Waals surface area contributed by atoms with E-state index in [9.17, 15) is 9.59 Å². The molecule has 1 saturated heterocycles. The fraction of sp³-hybridized carbons (Fsp3) is 0.818. The van der Waals surface area contributed by atoms with Gasteiger partial charge in [-0.25, -0.2) is 0 Å². The molecular formula is C11H21N3O3. The minimum Gasteiger partial charge on any atom is -0.380 e. The molecular weight excluding hydrogens is 222 g/mol. The van der Waals surface area contributed by atoms with E-state index in [-0.39, 0.29) is 30.9 Å². The molecule has 2 amide bonds. The van der Waals surface area contributed by atoms with Crippen LogP contribution >= 0.6 is 0 Å². The third-order valence-corrected chi connectivity index (χ3v) is 3.02. The lowest BCUT2D eigenvalue weighted by molar-refractivity contribution is -0.139. The van der Waals surface area contributed by atoms with E-state index < -0.39 is 0 Å². The highest BCUT2D eigenvalue weighted by atomic mass is 16.5. The van der Waals surface area contributed by atoms with Crippen LogP contribution in [0.2, 0.25) is 0 Å². The molecule has 0 aliphatic carbocycles. The number of methoxy groups -OCH3 is 1. The van der Waals surface area contributed by atoms with Crippen LogP contribution in [-0.4, -0.2) is 68.1 Å². The molecule has 1 aliphatic rings. The Morgan fingerprint density at radius 1 is 1.53 bits per heavy atom. The van der Waals surface area contributed by atoms with Crippen molar-refractivity contribution in [2.75, 3.05) is 40.3 Å². The summed E-state index contributed by atoms with van der Waals surface area (Å²) in [6, 6.07) is 0. The van der Waals surface area contributed by atoms with Gasteiger partial charge in [-0.05, 0) is 6.42 Å². The van der Waals surface area contributed by atoms with Crippen molar-refractivity contribution in [3.63, 3.8) is 0 Å². The normalized spacial score (nSPS) is 19.1. The molecule has 1 unspecified atom stereocenters. The molecule has 17 heavy (non-hydrogen) atoms. The van der Waals surface area contributed by atoms with Crippen LogP contribution < -0.4 is 5.73 Å². The zero-order valence-corrected chi connectivity index (χ0v) is 10.5. The molecule has 1 atom stereocenters. The Balaban J connectivity index is 2.53. The van der Waals surface area contributed by atoms with Crippen LogP contribution in [0.5, 0.6) is 0 Å². The van der Waals surface area contributed by atoms with Crippen molar-refractivity contribution in [1.29, 1.82) is 0 Å². The predicted molar refractivity (Wildman–Crippen MR) is 63.3 cm³/mol. The molecule has 2 N–H and O–H groups in total. The Hall–Kier alpha value is -1.14. The van der Waals surface area contributed by atoms with E-state index >= 15 is 0 Å². The molecule has 0 aromatic rings. The SMILES string of the molecule is COC(CN)CC(=O)N1CCCN(C)C(=O)C1. The van der Waals surface area contributed by atoms with Crippen LogP contribution in [0.3, 0.4) is 0 Å². The van der Waals surface area contributed by atoms with Gasteiger partial charge in [-0.3, -0.25) is 9.59 Å². The highest BCUT2D eigenvalue weighted by Gasteiger charge is 2.24. The number of hydrogen-bond acceptors (Lipinski definition) is 4. The first-order chi connectivity index (χ1) is 8.08. The van der Waals surface area contributed by atoms with Gasteiger partial charge in [-0.15, -0.1) is 0 Å². The Bertz CT molecular complexity index is 279. The van der Waals surface area contributed by atoms with Crippen LogP contribution in [0.4, 0.5) is 0 Å². The molecule has 1 fully saturated rings. The lowest BCUT2D eigenvalue weighted by Crippen LogP contribution is -2.40. The van der Waals surface area contributed by atoms with Crippen molar-refractivity contribution in [3.8, 4) is 0 Å². The summed E-state index contributed by atoms with van der Waals surface area (Å²) in [4.78, 5) is 26.8. The first kappa shape index (κ1) is 13.9. The molecule has 1 heterocycles. The summed E-state index contributed by atoms with van der Waals surface area (Å²) in [6.07, 6.45) is 0.789. The minimum atomic E-state index is -0.265. The van der Waals surface area contributed by atoms with Gasteiger partial charge in [0.15, 0.2) is 0 Å². The standard InChI is InChI=1S/C11H21N3O3/c1-13-4-3-5-14(8-11(13)16)10(15)6-9(7-12)17-2/h9H,3-8,12H2,1-2H3. The van der Waals surface area contributed by atoms with E-state index in [2.05, 4.69) is 0 Å². The van der Waals surface area contributed by atoms with Crippen LogP contribution in [0.15, 0.2) is 0 Å². The number of likely N-dealkylation sites (N-methyl/N-ethyl adjacent to an activating group) is 1. The number of amides is 2. The van der Waals surface area contributed by atoms with Crippen LogP contribution in [0.25, 0.3) is 0 Å². The summed E-state index contributed by atoms with van der Waals surface area (Å²) in [7, 11) is 3.29. The predicted octanol–water partition coefficient (Wildman–Crippen LogP) is -0.959. The summed E-state index contributed by atoms with van der Waals surface area (Å²) >= 11 is 0. The van der Waals surface area contributed by atoms with Crippen molar-refractivity contribution in [3.05, 3.63) is 0 Å². The first-order valence-electron chi connectivity index (χ1n) is 5.83. The van der Waals surface area contributed by atoms with Crippen molar-refractivity contribution >= 4 is 11.8 Å². The Labute approximate surface area is 102 Å². The van der Waals surface area contributed by atoms with Crippen LogP contribution in [-0.2, 0) is 14.3 Å². The molecule has 6 nitrogen and oxygen atoms in total.